The maximum Gasteiger partial charge on any atom is 0.251 e. The summed E-state index contributed by atoms with van der Waals surface area (Å²) in [4.78, 5) is 6.04. The van der Waals surface area contributed by atoms with Crippen LogP contribution in [0, 0.1) is 5.82 Å². The van der Waals surface area contributed by atoms with Crippen LogP contribution in [0.2, 0.25) is 5.02 Å². The quantitative estimate of drug-likeness (QED) is 0.327. The first kappa shape index (κ1) is 25.3. The van der Waals surface area contributed by atoms with Crippen LogP contribution in [0.5, 0.6) is 0 Å². The first-order chi connectivity index (χ1) is 12.7. The molecule has 0 bridgehead atoms. The number of aliphatic imine (C=N–C) groups is 1. The van der Waals surface area contributed by atoms with Crippen molar-refractivity contribution in [2.45, 2.75) is 44.6 Å². The molecule has 1 aromatic carbocycles. The molecule has 1 aliphatic rings. The lowest BCUT2D eigenvalue weighted by atomic mass is 9.84. The van der Waals surface area contributed by atoms with Gasteiger partial charge in [0.1, 0.15) is 5.82 Å². The molecule has 1 saturated heterocycles. The van der Waals surface area contributed by atoms with Gasteiger partial charge in [0, 0.05) is 43.2 Å². The lowest BCUT2D eigenvalue weighted by Crippen LogP contribution is -2.51. The van der Waals surface area contributed by atoms with Crippen molar-refractivity contribution >= 4 is 41.5 Å². The van der Waals surface area contributed by atoms with Crippen LogP contribution in [0.15, 0.2) is 23.2 Å². The minimum Gasteiger partial charge on any atom is -0.356 e. The van der Waals surface area contributed by atoms with Crippen LogP contribution >= 0.6 is 35.6 Å². The Labute approximate surface area is 187 Å². The van der Waals surface area contributed by atoms with E-state index in [9.17, 15) is 13.2 Å². The van der Waals surface area contributed by atoms with Crippen molar-refractivity contribution in [1.29, 1.82) is 0 Å². The van der Waals surface area contributed by atoms with Crippen LogP contribution in [0.1, 0.15) is 32.3 Å². The van der Waals surface area contributed by atoms with Crippen molar-refractivity contribution in [3.05, 3.63) is 34.6 Å². The summed E-state index contributed by atoms with van der Waals surface area (Å²) in [7, 11) is 1.69. The second-order valence-electron chi connectivity index (χ2n) is 7.54. The minimum absolute atomic E-state index is 0. The van der Waals surface area contributed by atoms with Gasteiger partial charge in [-0.25, -0.2) is 13.2 Å². The molecule has 1 aromatic rings. The number of piperidine rings is 1. The first-order valence-corrected chi connectivity index (χ1v) is 9.52. The molecule has 1 heterocycles. The fourth-order valence-electron chi connectivity index (χ4n) is 3.28. The van der Waals surface area contributed by atoms with Crippen molar-refractivity contribution in [2.24, 2.45) is 4.99 Å². The second kappa shape index (κ2) is 11.4. The van der Waals surface area contributed by atoms with E-state index in [1.807, 2.05) is 13.8 Å². The number of halogens is 5. The van der Waals surface area contributed by atoms with E-state index < -0.39 is 6.43 Å². The number of nitrogens with zero attached hydrogens (tertiary/aromatic N) is 2. The lowest BCUT2D eigenvalue weighted by Gasteiger charge is -2.33. The molecule has 0 amide bonds. The summed E-state index contributed by atoms with van der Waals surface area (Å²) in [6.07, 6.45) is -0.703. The van der Waals surface area contributed by atoms with Gasteiger partial charge in [0.2, 0.25) is 0 Å². The second-order valence-corrected chi connectivity index (χ2v) is 7.95. The third-order valence-corrected chi connectivity index (χ3v) is 5.22. The largest absolute Gasteiger partial charge is 0.356 e. The summed E-state index contributed by atoms with van der Waals surface area (Å²) in [6, 6.07) is 4.62. The van der Waals surface area contributed by atoms with E-state index >= 15 is 0 Å². The van der Waals surface area contributed by atoms with Crippen molar-refractivity contribution in [3.8, 4) is 0 Å². The predicted octanol–water partition coefficient (Wildman–Crippen LogP) is 4.27. The van der Waals surface area contributed by atoms with E-state index in [1.165, 1.54) is 12.1 Å². The molecular formula is C19H29ClF3IN4. The highest BCUT2D eigenvalue weighted by molar-refractivity contribution is 14.0. The van der Waals surface area contributed by atoms with Crippen LogP contribution in [0.3, 0.4) is 0 Å². The maximum atomic E-state index is 13.3. The van der Waals surface area contributed by atoms with Gasteiger partial charge in [-0.15, -0.1) is 24.0 Å². The predicted molar refractivity (Wildman–Crippen MR) is 120 cm³/mol. The molecule has 0 spiro atoms. The van der Waals surface area contributed by atoms with Gasteiger partial charge in [-0.1, -0.05) is 31.5 Å². The fourth-order valence-corrected chi connectivity index (χ4v) is 3.70. The average Bonchev–Trinajstić information content (AvgIpc) is 2.59. The summed E-state index contributed by atoms with van der Waals surface area (Å²) >= 11 is 6.20. The van der Waals surface area contributed by atoms with Crippen molar-refractivity contribution in [1.82, 2.24) is 15.5 Å². The van der Waals surface area contributed by atoms with E-state index in [4.69, 9.17) is 11.6 Å². The number of guanidine groups is 1. The Hall–Kier alpha value is -0.740. The summed E-state index contributed by atoms with van der Waals surface area (Å²) in [5, 5.41) is 7.05. The highest BCUT2D eigenvalue weighted by Crippen LogP contribution is 2.29. The average molecular weight is 533 g/mol. The van der Waals surface area contributed by atoms with Gasteiger partial charge in [-0.05, 0) is 30.5 Å². The number of likely N-dealkylation sites (tertiary alicyclic amines) is 1. The number of hydrogen-bond acceptors (Lipinski definition) is 2. The lowest BCUT2D eigenvalue weighted by molar-refractivity contribution is 0.0744. The first-order valence-electron chi connectivity index (χ1n) is 9.14. The van der Waals surface area contributed by atoms with E-state index in [2.05, 4.69) is 15.6 Å². The van der Waals surface area contributed by atoms with Gasteiger partial charge in [0.05, 0.1) is 6.54 Å². The third kappa shape index (κ3) is 7.59. The molecule has 0 aliphatic carbocycles. The summed E-state index contributed by atoms with van der Waals surface area (Å²) in [5.41, 5.74) is 0.525. The smallest absolute Gasteiger partial charge is 0.251 e. The molecule has 0 atom stereocenters. The zero-order valence-corrected chi connectivity index (χ0v) is 19.5. The molecule has 0 saturated carbocycles. The SMILES string of the molecule is CN=C(NCC(C)(C)c1ccc(F)cc1Cl)NC1CCN(CC(F)F)CC1.I. The molecule has 9 heteroatoms. The van der Waals surface area contributed by atoms with Gasteiger partial charge in [0.25, 0.3) is 6.43 Å². The molecule has 2 rings (SSSR count). The Balaban J connectivity index is 0.00000392. The standard InChI is InChI=1S/C19H28ClF3N4.HI/c1-19(2,15-5-4-13(21)10-16(15)20)12-25-18(24-3)26-14-6-8-27(9-7-14)11-17(22)23;/h4-5,10,14,17H,6-9,11-12H2,1-3H3,(H2,24,25,26);1H. The third-order valence-electron chi connectivity index (χ3n) is 4.91. The van der Waals surface area contributed by atoms with Gasteiger partial charge < -0.3 is 10.6 Å². The zero-order chi connectivity index (χ0) is 20.0. The Morgan fingerprint density at radius 2 is 1.96 bits per heavy atom. The molecular weight excluding hydrogens is 504 g/mol. The summed E-state index contributed by atoms with van der Waals surface area (Å²) in [6.45, 7) is 5.74. The zero-order valence-electron chi connectivity index (χ0n) is 16.4. The molecule has 1 fully saturated rings. The summed E-state index contributed by atoms with van der Waals surface area (Å²) < 4.78 is 38.2. The van der Waals surface area contributed by atoms with E-state index in [-0.39, 0.29) is 47.8 Å². The molecule has 2 N–H and O–H groups in total. The normalized spacial score (nSPS) is 16.8. The fraction of sp³-hybridized carbons (Fsp3) is 0.632. The highest BCUT2D eigenvalue weighted by Gasteiger charge is 2.25. The van der Waals surface area contributed by atoms with Gasteiger partial charge in [0.15, 0.2) is 5.96 Å². The molecule has 4 nitrogen and oxygen atoms in total. The van der Waals surface area contributed by atoms with Gasteiger partial charge in [-0.2, -0.15) is 0 Å². The number of benzene rings is 1. The Kier molecular flexibility index (Phi) is 10.3. The molecule has 28 heavy (non-hydrogen) atoms. The van der Waals surface area contributed by atoms with Crippen LogP contribution in [-0.2, 0) is 5.41 Å². The molecule has 0 radical (unpaired) electrons. The van der Waals surface area contributed by atoms with Crippen LogP contribution in [-0.4, -0.2) is 56.6 Å². The van der Waals surface area contributed by atoms with Crippen LogP contribution in [0.25, 0.3) is 0 Å². The van der Waals surface area contributed by atoms with Crippen LogP contribution < -0.4 is 10.6 Å². The minimum atomic E-state index is -2.29. The number of alkyl halides is 2. The number of hydrogen-bond donors (Lipinski definition) is 2. The Morgan fingerprint density at radius 3 is 2.50 bits per heavy atom. The monoisotopic (exact) mass is 532 g/mol. The molecule has 0 unspecified atom stereocenters. The topological polar surface area (TPSA) is 39.7 Å². The van der Waals surface area contributed by atoms with E-state index in [1.54, 1.807) is 18.0 Å². The maximum absolute atomic E-state index is 13.3. The number of rotatable bonds is 6. The van der Waals surface area contributed by atoms with E-state index in [0.717, 1.165) is 18.4 Å². The van der Waals surface area contributed by atoms with Gasteiger partial charge in [-0.3, -0.25) is 9.89 Å². The number of nitrogens with one attached hydrogen (secondary N) is 2. The highest BCUT2D eigenvalue weighted by atomic mass is 127. The van der Waals surface area contributed by atoms with Gasteiger partial charge >= 0.3 is 0 Å². The molecule has 1 aliphatic heterocycles. The molecule has 0 aromatic heterocycles. The van der Waals surface area contributed by atoms with Crippen molar-refractivity contribution in [3.63, 3.8) is 0 Å². The molecule has 160 valence electrons. The summed E-state index contributed by atoms with van der Waals surface area (Å²) in [5.74, 6) is 0.303. The van der Waals surface area contributed by atoms with Crippen molar-refractivity contribution < 1.29 is 13.2 Å². The Morgan fingerprint density at radius 1 is 1.32 bits per heavy atom. The van der Waals surface area contributed by atoms with Crippen molar-refractivity contribution in [2.75, 3.05) is 33.2 Å². The van der Waals surface area contributed by atoms with E-state index in [0.29, 0.717) is 30.6 Å². The van der Waals surface area contributed by atoms with Crippen LogP contribution in [0.4, 0.5) is 13.2 Å². The Bertz CT molecular complexity index is 650.